The number of rotatable bonds is 7. The first-order chi connectivity index (χ1) is 13.1. The summed E-state index contributed by atoms with van der Waals surface area (Å²) in [4.78, 5) is 14.9. The van der Waals surface area contributed by atoms with Crippen LogP contribution in [-0.4, -0.2) is 104 Å². The van der Waals surface area contributed by atoms with Crippen LogP contribution < -0.4 is 5.32 Å². The molecule has 2 aliphatic heterocycles. The van der Waals surface area contributed by atoms with Crippen LogP contribution >= 0.6 is 23.4 Å². The Bertz CT molecular complexity index is 526. The summed E-state index contributed by atoms with van der Waals surface area (Å²) in [6, 6.07) is -1.11. The molecular formula is C18H33ClN2O6S. The fourth-order valence-electron chi connectivity index (χ4n) is 4.15. The molecule has 1 amide bonds. The highest BCUT2D eigenvalue weighted by molar-refractivity contribution is 7.99. The third-order valence-corrected chi connectivity index (χ3v) is 6.73. The average molecular weight is 441 g/mol. The Morgan fingerprint density at radius 2 is 1.93 bits per heavy atom. The Labute approximate surface area is 175 Å². The molecule has 2 aliphatic rings. The molecule has 0 saturated carbocycles. The Balaban J connectivity index is 2.09. The number of nitrogens with one attached hydrogen (secondary N) is 1. The van der Waals surface area contributed by atoms with E-state index in [9.17, 15) is 25.2 Å². The van der Waals surface area contributed by atoms with Crippen molar-refractivity contribution in [3.05, 3.63) is 0 Å². The zero-order valence-corrected chi connectivity index (χ0v) is 18.3. The highest BCUT2D eigenvalue weighted by atomic mass is 35.5. The summed E-state index contributed by atoms with van der Waals surface area (Å²) in [5.41, 5.74) is -0.734. The lowest BCUT2D eigenvalue weighted by Gasteiger charge is -2.44. The number of halogens is 1. The number of aliphatic hydroxyl groups excluding tert-OH is 4. The van der Waals surface area contributed by atoms with Crippen molar-refractivity contribution in [2.75, 3.05) is 19.8 Å². The van der Waals surface area contributed by atoms with Crippen molar-refractivity contribution in [3.63, 3.8) is 0 Å². The number of likely N-dealkylation sites (tertiary alicyclic amines) is 1. The van der Waals surface area contributed by atoms with Crippen LogP contribution in [0.4, 0.5) is 0 Å². The van der Waals surface area contributed by atoms with E-state index in [1.54, 1.807) is 20.1 Å². The maximum absolute atomic E-state index is 12.9. The molecule has 10 heteroatoms. The number of ether oxygens (including phenoxy) is 1. The van der Waals surface area contributed by atoms with Gasteiger partial charge < -0.3 is 30.5 Å². The van der Waals surface area contributed by atoms with Gasteiger partial charge in [-0.05, 0) is 45.9 Å². The van der Waals surface area contributed by atoms with Crippen molar-refractivity contribution in [1.29, 1.82) is 0 Å². The van der Waals surface area contributed by atoms with Gasteiger partial charge in [-0.1, -0.05) is 0 Å². The first-order valence-corrected chi connectivity index (χ1v) is 11.3. The number of likely N-dealkylation sites (N-methyl/N-ethyl adjacent to an activating group) is 1. The summed E-state index contributed by atoms with van der Waals surface area (Å²) in [6.07, 6.45) is -2.39. The van der Waals surface area contributed by atoms with Gasteiger partial charge in [-0.2, -0.15) is 0 Å². The lowest BCUT2D eigenvalue weighted by Crippen LogP contribution is -2.65. The van der Waals surface area contributed by atoms with E-state index in [0.717, 1.165) is 0 Å². The molecule has 0 spiro atoms. The summed E-state index contributed by atoms with van der Waals surface area (Å²) in [7, 11) is 1.86. The molecule has 1 unspecified atom stereocenters. The van der Waals surface area contributed by atoms with Crippen LogP contribution in [0.25, 0.3) is 0 Å². The largest absolute Gasteiger partial charge is 0.393 e. The molecule has 0 bridgehead atoms. The van der Waals surface area contributed by atoms with Gasteiger partial charge in [0.1, 0.15) is 29.9 Å². The number of alkyl halides is 1. The fraction of sp³-hybridized carbons (Fsp3) is 0.944. The smallest absolute Gasteiger partial charge is 0.237 e. The Morgan fingerprint density at radius 1 is 1.29 bits per heavy atom. The number of carbonyl (C=O) groups is 1. The Hall–Kier alpha value is -0.130. The van der Waals surface area contributed by atoms with Crippen LogP contribution in [0.2, 0.25) is 0 Å². The second-order valence-electron chi connectivity index (χ2n) is 8.03. The standard InChI is InChI=1S/C18H33ClN2O6S/c1-8(22)5-10-6-11(21(3)7-10)17(26)20-12(9(2)19)16-14(24)13(23)15(25)18(27-16)28-4/h8-16,18,22-25H,5-7H2,1-4H3,(H,20,26)/t8?,9-,10+,11-,12+,13-,14+,15+,16+,18+/m0/s1. The van der Waals surface area contributed by atoms with Gasteiger partial charge in [0.05, 0.1) is 23.6 Å². The van der Waals surface area contributed by atoms with Gasteiger partial charge in [0.25, 0.3) is 0 Å². The fourth-order valence-corrected chi connectivity index (χ4v) is 5.03. The molecule has 8 nitrogen and oxygen atoms in total. The molecule has 2 rings (SSSR count). The molecule has 0 aromatic heterocycles. The van der Waals surface area contributed by atoms with Crippen molar-refractivity contribution in [2.45, 2.75) is 80.1 Å². The van der Waals surface area contributed by atoms with Gasteiger partial charge in [0.2, 0.25) is 5.91 Å². The summed E-state index contributed by atoms with van der Waals surface area (Å²) >= 11 is 7.51. The van der Waals surface area contributed by atoms with Crippen molar-refractivity contribution < 1.29 is 30.0 Å². The number of hydrogen-bond donors (Lipinski definition) is 5. The molecule has 2 fully saturated rings. The molecular weight excluding hydrogens is 408 g/mol. The minimum absolute atomic E-state index is 0.224. The third kappa shape index (κ3) is 5.51. The van der Waals surface area contributed by atoms with E-state index in [0.29, 0.717) is 19.4 Å². The van der Waals surface area contributed by atoms with Gasteiger partial charge in [-0.3, -0.25) is 9.69 Å². The van der Waals surface area contributed by atoms with Crippen LogP contribution in [-0.2, 0) is 9.53 Å². The van der Waals surface area contributed by atoms with Gasteiger partial charge in [-0.15, -0.1) is 23.4 Å². The normalized spacial score (nSPS) is 40.1. The maximum atomic E-state index is 12.9. The van der Waals surface area contributed by atoms with Crippen LogP contribution in [0, 0.1) is 5.92 Å². The third-order valence-electron chi connectivity index (χ3n) is 5.61. The summed E-state index contributed by atoms with van der Waals surface area (Å²) < 4.78 is 5.78. The van der Waals surface area contributed by atoms with Crippen LogP contribution in [0.3, 0.4) is 0 Å². The predicted molar refractivity (Wildman–Crippen MR) is 108 cm³/mol. The molecule has 0 radical (unpaired) electrons. The first-order valence-electron chi connectivity index (χ1n) is 9.62. The minimum Gasteiger partial charge on any atom is -0.393 e. The summed E-state index contributed by atoms with van der Waals surface area (Å²) in [6.45, 7) is 4.14. The van der Waals surface area contributed by atoms with Gasteiger partial charge in [0.15, 0.2) is 0 Å². The van der Waals surface area contributed by atoms with Crippen LogP contribution in [0.5, 0.6) is 0 Å². The monoisotopic (exact) mass is 440 g/mol. The Kier molecular flexibility index (Phi) is 8.84. The SMILES string of the molecule is CS[C@H]1O[C@H]([C@H](NC(=O)[C@@H]2C[C@@H](CC(C)O)CN2C)[C@H](C)Cl)[C@H](O)[C@H](O)[C@H]1O. The summed E-state index contributed by atoms with van der Waals surface area (Å²) in [5, 5.41) is 42.5. The molecule has 2 saturated heterocycles. The predicted octanol–water partition coefficient (Wildman–Crippen LogP) is -0.640. The van der Waals surface area contributed by atoms with E-state index in [4.69, 9.17) is 16.3 Å². The summed E-state index contributed by atoms with van der Waals surface area (Å²) in [5.74, 6) is -0.00723. The van der Waals surface area contributed by atoms with Crippen molar-refractivity contribution in [2.24, 2.45) is 5.92 Å². The number of nitrogens with zero attached hydrogens (tertiary/aromatic N) is 1. The highest BCUT2D eigenvalue weighted by Gasteiger charge is 2.48. The lowest BCUT2D eigenvalue weighted by atomic mass is 9.92. The average Bonchev–Trinajstić information content (AvgIpc) is 2.97. The molecule has 164 valence electrons. The van der Waals surface area contributed by atoms with Gasteiger partial charge in [-0.25, -0.2) is 0 Å². The van der Waals surface area contributed by atoms with E-state index in [1.165, 1.54) is 11.8 Å². The number of carbonyl (C=O) groups excluding carboxylic acids is 1. The number of thioether (sulfide) groups is 1. The first kappa shape index (κ1) is 24.1. The van der Waals surface area contributed by atoms with Crippen molar-refractivity contribution >= 4 is 29.3 Å². The quantitative estimate of drug-likeness (QED) is 0.331. The zero-order valence-electron chi connectivity index (χ0n) is 16.7. The zero-order chi connectivity index (χ0) is 21.2. The molecule has 0 aromatic rings. The highest BCUT2D eigenvalue weighted by Crippen LogP contribution is 2.31. The molecule has 10 atom stereocenters. The maximum Gasteiger partial charge on any atom is 0.237 e. The lowest BCUT2D eigenvalue weighted by molar-refractivity contribution is -0.205. The van der Waals surface area contributed by atoms with Crippen LogP contribution in [0.1, 0.15) is 26.7 Å². The topological polar surface area (TPSA) is 122 Å². The van der Waals surface area contributed by atoms with Crippen molar-refractivity contribution in [1.82, 2.24) is 10.2 Å². The molecule has 2 heterocycles. The number of amides is 1. The van der Waals surface area contributed by atoms with Gasteiger partial charge in [0, 0.05) is 6.54 Å². The van der Waals surface area contributed by atoms with E-state index >= 15 is 0 Å². The second-order valence-corrected chi connectivity index (χ2v) is 9.65. The van der Waals surface area contributed by atoms with Crippen LogP contribution in [0.15, 0.2) is 0 Å². The van der Waals surface area contributed by atoms with Gasteiger partial charge >= 0.3 is 0 Å². The number of aliphatic hydroxyl groups is 4. The Morgan fingerprint density at radius 3 is 2.46 bits per heavy atom. The van der Waals surface area contributed by atoms with E-state index in [1.807, 2.05) is 11.9 Å². The van der Waals surface area contributed by atoms with E-state index < -0.39 is 47.4 Å². The molecule has 0 aromatic carbocycles. The second kappa shape index (κ2) is 10.3. The van der Waals surface area contributed by atoms with Crippen molar-refractivity contribution in [3.8, 4) is 0 Å². The van der Waals surface area contributed by atoms with E-state index in [2.05, 4.69) is 5.32 Å². The minimum atomic E-state index is -1.39. The molecule has 5 N–H and O–H groups in total. The molecule has 0 aliphatic carbocycles. The number of hydrogen-bond acceptors (Lipinski definition) is 8. The molecule has 28 heavy (non-hydrogen) atoms. The van der Waals surface area contributed by atoms with E-state index in [-0.39, 0.29) is 17.9 Å².